The Bertz CT molecular complexity index is 251. The summed E-state index contributed by atoms with van der Waals surface area (Å²) < 4.78 is 0. The average molecular weight is 197 g/mol. The van der Waals surface area contributed by atoms with Crippen molar-refractivity contribution < 1.29 is 9.90 Å². The van der Waals surface area contributed by atoms with Gasteiger partial charge in [-0.05, 0) is 33.1 Å². The summed E-state index contributed by atoms with van der Waals surface area (Å²) in [6.45, 7) is 3.53. The Morgan fingerprint density at radius 3 is 2.79 bits per heavy atom. The van der Waals surface area contributed by atoms with Crippen molar-refractivity contribution in [1.82, 2.24) is 5.32 Å². The van der Waals surface area contributed by atoms with Gasteiger partial charge in [-0.1, -0.05) is 6.08 Å². The van der Waals surface area contributed by atoms with E-state index < -0.39 is 5.60 Å². The summed E-state index contributed by atoms with van der Waals surface area (Å²) in [6.07, 6.45) is 4.83. The Balaban J connectivity index is 2.89. The fourth-order valence-electron chi connectivity index (χ4n) is 2.01. The smallest absolute Gasteiger partial charge is 0.247 e. The third-order valence-corrected chi connectivity index (χ3v) is 2.78. The molecule has 0 aromatic rings. The second kappa shape index (κ2) is 4.13. The van der Waals surface area contributed by atoms with Crippen molar-refractivity contribution in [1.29, 1.82) is 0 Å². The molecule has 3 nitrogen and oxygen atoms in total. The number of likely N-dealkylation sites (N-methyl/N-ethyl adjacent to an activating group) is 1. The van der Waals surface area contributed by atoms with Gasteiger partial charge in [-0.25, -0.2) is 0 Å². The molecule has 0 aromatic heterocycles. The number of hydrogen-bond acceptors (Lipinski definition) is 2. The fraction of sp³-hybridized carbons (Fsp3) is 0.727. The number of aliphatic hydroxyl groups is 1. The molecule has 80 valence electrons. The highest BCUT2D eigenvalue weighted by molar-refractivity contribution is 5.94. The van der Waals surface area contributed by atoms with Crippen molar-refractivity contribution in [3.63, 3.8) is 0 Å². The van der Waals surface area contributed by atoms with Crippen molar-refractivity contribution in [3.8, 4) is 0 Å². The third kappa shape index (κ3) is 2.35. The van der Waals surface area contributed by atoms with Gasteiger partial charge in [0.05, 0.1) is 5.60 Å². The van der Waals surface area contributed by atoms with Crippen LogP contribution in [0.5, 0.6) is 0 Å². The summed E-state index contributed by atoms with van der Waals surface area (Å²) in [4.78, 5) is 11.5. The van der Waals surface area contributed by atoms with Crippen LogP contribution in [-0.2, 0) is 4.79 Å². The number of carbonyl (C=O) groups is 1. The van der Waals surface area contributed by atoms with Crippen LogP contribution in [0.3, 0.4) is 0 Å². The molecule has 0 fully saturated rings. The van der Waals surface area contributed by atoms with Crippen LogP contribution in [0.2, 0.25) is 0 Å². The van der Waals surface area contributed by atoms with E-state index in [1.165, 1.54) is 0 Å². The number of hydrogen-bond donors (Lipinski definition) is 2. The molecule has 1 atom stereocenters. The van der Waals surface area contributed by atoms with Crippen molar-refractivity contribution in [2.24, 2.45) is 5.92 Å². The van der Waals surface area contributed by atoms with Gasteiger partial charge in [0, 0.05) is 18.5 Å². The van der Waals surface area contributed by atoms with Gasteiger partial charge >= 0.3 is 0 Å². The summed E-state index contributed by atoms with van der Waals surface area (Å²) in [5.74, 6) is -0.0898. The second-order valence-electron chi connectivity index (χ2n) is 4.38. The number of allylic oxidation sites excluding steroid dienone is 1. The predicted octanol–water partition coefficient (Wildman–Crippen LogP) is 1.23. The van der Waals surface area contributed by atoms with Gasteiger partial charge in [0.2, 0.25) is 5.91 Å². The standard InChI is InChI=1S/C11H19NO2/c1-11(2,14)9-7-5-4-6-8(9)10(13)12-3/h6,9,14H,4-5,7H2,1-3H3,(H,12,13). The molecule has 0 aliphatic heterocycles. The van der Waals surface area contributed by atoms with Crippen molar-refractivity contribution in [2.45, 2.75) is 38.7 Å². The molecule has 0 bridgehead atoms. The molecule has 1 unspecified atom stereocenters. The fourth-order valence-corrected chi connectivity index (χ4v) is 2.01. The Hall–Kier alpha value is -0.830. The first-order valence-corrected chi connectivity index (χ1v) is 5.11. The van der Waals surface area contributed by atoms with Crippen LogP contribution in [0.15, 0.2) is 11.6 Å². The zero-order chi connectivity index (χ0) is 10.8. The van der Waals surface area contributed by atoms with Gasteiger partial charge in [-0.3, -0.25) is 4.79 Å². The van der Waals surface area contributed by atoms with Gasteiger partial charge in [0.1, 0.15) is 0 Å². The molecule has 1 amide bonds. The maximum atomic E-state index is 11.5. The van der Waals surface area contributed by atoms with E-state index in [9.17, 15) is 9.90 Å². The molecule has 2 N–H and O–H groups in total. The van der Waals surface area contributed by atoms with Crippen molar-refractivity contribution in [2.75, 3.05) is 7.05 Å². The van der Waals surface area contributed by atoms with Crippen LogP contribution in [-0.4, -0.2) is 23.7 Å². The van der Waals surface area contributed by atoms with Crippen LogP contribution < -0.4 is 5.32 Å². The lowest BCUT2D eigenvalue weighted by atomic mass is 9.77. The van der Waals surface area contributed by atoms with Gasteiger partial charge in [-0.2, -0.15) is 0 Å². The molecule has 0 radical (unpaired) electrons. The van der Waals surface area contributed by atoms with Crippen molar-refractivity contribution >= 4 is 5.91 Å². The molecule has 1 aliphatic carbocycles. The topological polar surface area (TPSA) is 49.3 Å². The summed E-state index contributed by atoms with van der Waals surface area (Å²) in [6, 6.07) is 0. The molecule has 14 heavy (non-hydrogen) atoms. The average Bonchev–Trinajstić information content (AvgIpc) is 2.15. The highest BCUT2D eigenvalue weighted by Crippen LogP contribution is 2.33. The van der Waals surface area contributed by atoms with Crippen LogP contribution in [0.4, 0.5) is 0 Å². The number of carbonyl (C=O) groups excluding carboxylic acids is 1. The van der Waals surface area contributed by atoms with E-state index in [0.717, 1.165) is 24.8 Å². The Morgan fingerprint density at radius 1 is 1.64 bits per heavy atom. The monoisotopic (exact) mass is 197 g/mol. The van der Waals surface area contributed by atoms with E-state index in [4.69, 9.17) is 0 Å². The molecular formula is C11H19NO2. The Morgan fingerprint density at radius 2 is 2.29 bits per heavy atom. The summed E-state index contributed by atoms with van der Waals surface area (Å²) in [7, 11) is 1.62. The Kier molecular flexibility index (Phi) is 3.32. The van der Waals surface area contributed by atoms with Gasteiger partial charge in [-0.15, -0.1) is 0 Å². The first kappa shape index (κ1) is 11.2. The molecule has 1 rings (SSSR count). The lowest BCUT2D eigenvalue weighted by Gasteiger charge is -2.33. The zero-order valence-electron chi connectivity index (χ0n) is 9.13. The molecule has 3 heteroatoms. The lowest BCUT2D eigenvalue weighted by Crippen LogP contribution is -2.38. The summed E-state index contributed by atoms with van der Waals surface area (Å²) in [5, 5.41) is 12.6. The highest BCUT2D eigenvalue weighted by atomic mass is 16.3. The number of amides is 1. The summed E-state index contributed by atoms with van der Waals surface area (Å²) >= 11 is 0. The molecule has 0 saturated carbocycles. The first-order chi connectivity index (χ1) is 6.46. The largest absolute Gasteiger partial charge is 0.390 e. The molecule has 0 saturated heterocycles. The minimum atomic E-state index is -0.807. The first-order valence-electron chi connectivity index (χ1n) is 5.11. The second-order valence-corrected chi connectivity index (χ2v) is 4.38. The maximum Gasteiger partial charge on any atom is 0.247 e. The zero-order valence-corrected chi connectivity index (χ0v) is 9.13. The van der Waals surface area contributed by atoms with E-state index in [1.807, 2.05) is 6.08 Å². The van der Waals surface area contributed by atoms with E-state index >= 15 is 0 Å². The molecule has 1 aliphatic rings. The SMILES string of the molecule is CNC(=O)C1=CCCCC1C(C)(C)O. The minimum Gasteiger partial charge on any atom is -0.390 e. The molecule has 0 aromatic carbocycles. The van der Waals surface area contributed by atoms with E-state index in [0.29, 0.717) is 0 Å². The van der Waals surface area contributed by atoms with Gasteiger partial charge < -0.3 is 10.4 Å². The third-order valence-electron chi connectivity index (χ3n) is 2.78. The number of nitrogens with one attached hydrogen (secondary N) is 1. The van der Waals surface area contributed by atoms with E-state index in [1.54, 1.807) is 20.9 Å². The minimum absolute atomic E-state index is 0.0313. The predicted molar refractivity (Wildman–Crippen MR) is 55.8 cm³/mol. The lowest BCUT2D eigenvalue weighted by molar-refractivity contribution is -0.118. The van der Waals surface area contributed by atoms with Crippen LogP contribution in [0.25, 0.3) is 0 Å². The van der Waals surface area contributed by atoms with E-state index in [2.05, 4.69) is 5.32 Å². The normalized spacial score (nSPS) is 22.9. The van der Waals surface area contributed by atoms with Crippen LogP contribution in [0, 0.1) is 5.92 Å². The Labute approximate surface area is 85.2 Å². The van der Waals surface area contributed by atoms with Gasteiger partial charge in [0.15, 0.2) is 0 Å². The number of rotatable bonds is 2. The highest BCUT2D eigenvalue weighted by Gasteiger charge is 2.33. The molecule has 0 heterocycles. The van der Waals surface area contributed by atoms with Gasteiger partial charge in [0.25, 0.3) is 0 Å². The molecule has 0 spiro atoms. The molecular weight excluding hydrogens is 178 g/mol. The van der Waals surface area contributed by atoms with Crippen LogP contribution in [0.1, 0.15) is 33.1 Å². The quantitative estimate of drug-likeness (QED) is 0.699. The van der Waals surface area contributed by atoms with Crippen molar-refractivity contribution in [3.05, 3.63) is 11.6 Å². The maximum absolute atomic E-state index is 11.5. The summed E-state index contributed by atoms with van der Waals surface area (Å²) in [5.41, 5.74) is -0.0649. The van der Waals surface area contributed by atoms with Crippen LogP contribution >= 0.6 is 0 Å². The van der Waals surface area contributed by atoms with E-state index in [-0.39, 0.29) is 11.8 Å².